The first-order valence-electron chi connectivity index (χ1n) is 7.53. The van der Waals surface area contributed by atoms with Crippen LogP contribution in [0.25, 0.3) is 0 Å². The van der Waals surface area contributed by atoms with Gasteiger partial charge in [-0.3, -0.25) is 14.4 Å². The van der Waals surface area contributed by atoms with Gasteiger partial charge >= 0.3 is 11.9 Å². The van der Waals surface area contributed by atoms with Crippen molar-refractivity contribution in [3.05, 3.63) is 48.0 Å². The Labute approximate surface area is 134 Å². The highest BCUT2D eigenvalue weighted by Crippen LogP contribution is 2.51. The van der Waals surface area contributed by atoms with E-state index in [0.717, 1.165) is 5.56 Å². The van der Waals surface area contributed by atoms with Crippen LogP contribution in [0.4, 0.5) is 0 Å². The van der Waals surface area contributed by atoms with Gasteiger partial charge in [-0.2, -0.15) is 0 Å². The Hall–Kier alpha value is -2.43. The Morgan fingerprint density at radius 2 is 1.96 bits per heavy atom. The van der Waals surface area contributed by atoms with Gasteiger partial charge in [0.25, 0.3) is 0 Å². The second-order valence-corrected chi connectivity index (χ2v) is 6.39. The number of rotatable bonds is 3. The van der Waals surface area contributed by atoms with Gasteiger partial charge in [0, 0.05) is 12.3 Å². The summed E-state index contributed by atoms with van der Waals surface area (Å²) in [6, 6.07) is 9.22. The number of esters is 2. The molecule has 0 unspecified atom stereocenters. The average Bonchev–Trinajstić information content (AvgIpc) is 2.74. The monoisotopic (exact) mass is 314 g/mol. The fraction of sp³-hybridized carbons (Fsp3) is 0.389. The molecule has 0 bridgehead atoms. The molecule has 3 rings (SSSR count). The zero-order chi connectivity index (χ0) is 16.7. The Morgan fingerprint density at radius 1 is 1.26 bits per heavy atom. The van der Waals surface area contributed by atoms with Gasteiger partial charge in [0.1, 0.15) is 12.2 Å². The predicted molar refractivity (Wildman–Crippen MR) is 81.1 cm³/mol. The zero-order valence-corrected chi connectivity index (χ0v) is 13.1. The molecule has 0 amide bonds. The molecule has 5 heteroatoms. The number of fused-ring (bicyclic) bond motifs is 1. The fourth-order valence-electron chi connectivity index (χ4n) is 3.28. The van der Waals surface area contributed by atoms with Gasteiger partial charge in [0.05, 0.1) is 0 Å². The van der Waals surface area contributed by atoms with E-state index in [9.17, 15) is 14.4 Å². The Kier molecular flexibility index (Phi) is 3.59. The summed E-state index contributed by atoms with van der Waals surface area (Å²) in [7, 11) is 0. The fourth-order valence-corrected chi connectivity index (χ4v) is 3.28. The first kappa shape index (κ1) is 15.5. The lowest BCUT2D eigenvalue weighted by Gasteiger charge is -2.33. The molecule has 1 fully saturated rings. The molecule has 1 aromatic carbocycles. The van der Waals surface area contributed by atoms with E-state index in [2.05, 4.69) is 0 Å². The van der Waals surface area contributed by atoms with Crippen molar-refractivity contribution in [3.63, 3.8) is 0 Å². The summed E-state index contributed by atoms with van der Waals surface area (Å²) >= 11 is 0. The van der Waals surface area contributed by atoms with Gasteiger partial charge in [-0.05, 0) is 31.6 Å². The third kappa shape index (κ3) is 2.46. The Bertz CT molecular complexity index is 693. The smallest absolute Gasteiger partial charge is 0.324 e. The summed E-state index contributed by atoms with van der Waals surface area (Å²) in [4.78, 5) is 36.7. The van der Waals surface area contributed by atoms with Crippen LogP contribution in [0.3, 0.4) is 0 Å². The Morgan fingerprint density at radius 3 is 2.65 bits per heavy atom. The number of benzene rings is 1. The molecule has 0 saturated carbocycles. The standard InChI is InChI=1S/C18H18O5/c1-17-9-8-13(19)10-14(17)18(2,16(21)23-17)15(20)22-11-12-6-4-3-5-7-12/h3-9,14H,10-11H2,1-2H3/t14-,17+,18+/m0/s1. The molecule has 1 saturated heterocycles. The maximum absolute atomic E-state index is 12.6. The van der Waals surface area contributed by atoms with Crippen molar-refractivity contribution < 1.29 is 23.9 Å². The number of ketones is 1. The van der Waals surface area contributed by atoms with Gasteiger partial charge in [-0.1, -0.05) is 30.3 Å². The van der Waals surface area contributed by atoms with Crippen molar-refractivity contribution in [2.45, 2.75) is 32.5 Å². The van der Waals surface area contributed by atoms with E-state index in [4.69, 9.17) is 9.47 Å². The second-order valence-electron chi connectivity index (χ2n) is 6.39. The summed E-state index contributed by atoms with van der Waals surface area (Å²) in [6.07, 6.45) is 3.07. The van der Waals surface area contributed by atoms with Gasteiger partial charge in [-0.25, -0.2) is 0 Å². The van der Waals surface area contributed by atoms with Crippen molar-refractivity contribution in [1.29, 1.82) is 0 Å². The van der Waals surface area contributed by atoms with Crippen LogP contribution in [0, 0.1) is 11.3 Å². The molecule has 0 radical (unpaired) electrons. The minimum Gasteiger partial charge on any atom is -0.460 e. The van der Waals surface area contributed by atoms with Gasteiger partial charge in [0.15, 0.2) is 11.2 Å². The van der Waals surface area contributed by atoms with E-state index >= 15 is 0 Å². The van der Waals surface area contributed by atoms with Gasteiger partial charge in [0.2, 0.25) is 0 Å². The van der Waals surface area contributed by atoms with Gasteiger partial charge in [-0.15, -0.1) is 0 Å². The quantitative estimate of drug-likeness (QED) is 0.632. The van der Waals surface area contributed by atoms with Crippen LogP contribution in [0.2, 0.25) is 0 Å². The van der Waals surface area contributed by atoms with Crippen LogP contribution < -0.4 is 0 Å². The Balaban J connectivity index is 1.82. The maximum atomic E-state index is 12.6. The first-order valence-corrected chi connectivity index (χ1v) is 7.53. The molecule has 120 valence electrons. The highest BCUT2D eigenvalue weighted by molar-refractivity contribution is 6.04. The molecule has 23 heavy (non-hydrogen) atoms. The van der Waals surface area contributed by atoms with E-state index in [-0.39, 0.29) is 18.8 Å². The molecule has 1 heterocycles. The van der Waals surface area contributed by atoms with E-state index in [0.29, 0.717) is 0 Å². The summed E-state index contributed by atoms with van der Waals surface area (Å²) < 4.78 is 10.8. The van der Waals surface area contributed by atoms with Crippen molar-refractivity contribution in [2.75, 3.05) is 0 Å². The molecule has 5 nitrogen and oxygen atoms in total. The van der Waals surface area contributed by atoms with E-state index < -0.39 is 28.9 Å². The molecule has 2 aliphatic rings. The number of allylic oxidation sites excluding steroid dienone is 1. The van der Waals surface area contributed by atoms with Crippen LogP contribution in [0.15, 0.2) is 42.5 Å². The summed E-state index contributed by atoms with van der Waals surface area (Å²) in [5.41, 5.74) is -1.58. The van der Waals surface area contributed by atoms with Crippen LogP contribution in [0.1, 0.15) is 25.8 Å². The molecule has 0 aromatic heterocycles. The number of carbonyl (C=O) groups excluding carboxylic acids is 3. The number of hydrogen-bond acceptors (Lipinski definition) is 5. The predicted octanol–water partition coefficient (Wildman–Crippen LogP) is 2.20. The zero-order valence-electron chi connectivity index (χ0n) is 13.1. The van der Waals surface area contributed by atoms with Crippen molar-refractivity contribution in [1.82, 2.24) is 0 Å². The van der Waals surface area contributed by atoms with Crippen molar-refractivity contribution in [3.8, 4) is 0 Å². The van der Waals surface area contributed by atoms with Gasteiger partial charge < -0.3 is 9.47 Å². The van der Waals surface area contributed by atoms with Crippen LogP contribution in [0.5, 0.6) is 0 Å². The summed E-state index contributed by atoms with van der Waals surface area (Å²) in [6.45, 7) is 3.30. The van der Waals surface area contributed by atoms with Crippen LogP contribution in [-0.4, -0.2) is 23.3 Å². The lowest BCUT2D eigenvalue weighted by Crippen LogP contribution is -2.45. The molecule has 1 aliphatic heterocycles. The lowest BCUT2D eigenvalue weighted by atomic mass is 9.67. The number of ether oxygens (including phenoxy) is 2. The average molecular weight is 314 g/mol. The minimum atomic E-state index is -1.47. The molecule has 0 spiro atoms. The molecule has 1 aliphatic carbocycles. The number of carbonyl (C=O) groups is 3. The van der Waals surface area contributed by atoms with Crippen molar-refractivity contribution in [2.24, 2.45) is 11.3 Å². The molecular formula is C18H18O5. The van der Waals surface area contributed by atoms with E-state index in [1.54, 1.807) is 13.0 Å². The highest BCUT2D eigenvalue weighted by Gasteiger charge is 2.65. The van der Waals surface area contributed by atoms with Crippen molar-refractivity contribution >= 4 is 17.7 Å². The SMILES string of the molecule is C[C@@]1(C(=O)OCc2ccccc2)C(=O)O[C@]2(C)C=CC(=O)C[C@H]12. The molecule has 1 aromatic rings. The first-order chi connectivity index (χ1) is 10.9. The van der Waals surface area contributed by atoms with E-state index in [1.165, 1.54) is 13.0 Å². The maximum Gasteiger partial charge on any atom is 0.324 e. The third-order valence-electron chi connectivity index (χ3n) is 4.77. The van der Waals surface area contributed by atoms with E-state index in [1.807, 2.05) is 30.3 Å². The van der Waals surface area contributed by atoms with Crippen LogP contribution >= 0.6 is 0 Å². The lowest BCUT2D eigenvalue weighted by molar-refractivity contribution is -0.166. The third-order valence-corrected chi connectivity index (χ3v) is 4.77. The summed E-state index contributed by atoms with van der Waals surface area (Å²) in [5.74, 6) is -1.96. The second kappa shape index (κ2) is 5.33. The highest BCUT2D eigenvalue weighted by atomic mass is 16.6. The molecular weight excluding hydrogens is 296 g/mol. The largest absolute Gasteiger partial charge is 0.460 e. The topological polar surface area (TPSA) is 69.7 Å². The number of hydrogen-bond donors (Lipinski definition) is 0. The van der Waals surface area contributed by atoms with Crippen LogP contribution in [-0.2, 0) is 30.5 Å². The summed E-state index contributed by atoms with van der Waals surface area (Å²) in [5, 5.41) is 0. The minimum absolute atomic E-state index is 0.0791. The molecule has 0 N–H and O–H groups in total. The normalized spacial score (nSPS) is 32.3. The molecule has 3 atom stereocenters.